The Kier molecular flexibility index (Phi) is 4.25. The molecule has 4 heteroatoms. The van der Waals surface area contributed by atoms with Crippen LogP contribution in [0.3, 0.4) is 0 Å². The van der Waals surface area contributed by atoms with E-state index in [1.54, 1.807) is 13.2 Å². The van der Waals surface area contributed by atoms with E-state index in [9.17, 15) is 4.79 Å². The van der Waals surface area contributed by atoms with E-state index in [0.717, 1.165) is 22.6 Å². The molecule has 0 amide bonds. The molecule has 0 heterocycles. The smallest absolute Gasteiger partial charge is 0.150 e. The van der Waals surface area contributed by atoms with Crippen LogP contribution >= 0.6 is 11.9 Å². The number of ether oxygens (including phenoxy) is 1. The number of aldehydes is 1. The number of hydrogen-bond donors (Lipinski definition) is 1. The van der Waals surface area contributed by atoms with Gasteiger partial charge in [-0.1, -0.05) is 12.1 Å². The summed E-state index contributed by atoms with van der Waals surface area (Å²) in [6, 6.07) is 15.1. The molecule has 92 valence electrons. The third-order valence-electron chi connectivity index (χ3n) is 2.37. The van der Waals surface area contributed by atoms with Gasteiger partial charge in [-0.25, -0.2) is 0 Å². The third kappa shape index (κ3) is 3.28. The molecule has 0 bridgehead atoms. The Morgan fingerprint density at radius 3 is 2.61 bits per heavy atom. The number of anilines is 1. The number of hydrogen-bond acceptors (Lipinski definition) is 4. The van der Waals surface area contributed by atoms with E-state index in [0.29, 0.717) is 5.56 Å². The highest BCUT2D eigenvalue weighted by molar-refractivity contribution is 8.00. The lowest BCUT2D eigenvalue weighted by atomic mass is 10.2. The average molecular weight is 259 g/mol. The topological polar surface area (TPSA) is 38.3 Å². The molecule has 0 fully saturated rings. The van der Waals surface area contributed by atoms with E-state index >= 15 is 0 Å². The molecule has 0 radical (unpaired) electrons. The lowest BCUT2D eigenvalue weighted by Crippen LogP contribution is -1.88. The van der Waals surface area contributed by atoms with Crippen molar-refractivity contribution in [2.45, 2.75) is 4.90 Å². The summed E-state index contributed by atoms with van der Waals surface area (Å²) in [4.78, 5) is 11.7. The predicted octanol–water partition coefficient (Wildman–Crippen LogP) is 3.63. The minimum Gasteiger partial charge on any atom is -0.497 e. The summed E-state index contributed by atoms with van der Waals surface area (Å²) in [6.45, 7) is 0. The molecule has 1 N–H and O–H groups in total. The van der Waals surface area contributed by atoms with E-state index in [2.05, 4.69) is 4.72 Å². The number of methoxy groups -OCH3 is 1. The largest absolute Gasteiger partial charge is 0.497 e. The van der Waals surface area contributed by atoms with Gasteiger partial charge in [-0.2, -0.15) is 0 Å². The van der Waals surface area contributed by atoms with Crippen LogP contribution in [0.4, 0.5) is 5.69 Å². The maximum Gasteiger partial charge on any atom is 0.150 e. The van der Waals surface area contributed by atoms with Crippen molar-refractivity contribution in [3.63, 3.8) is 0 Å². The zero-order chi connectivity index (χ0) is 12.8. The molecule has 0 spiro atoms. The molecule has 0 saturated carbocycles. The van der Waals surface area contributed by atoms with Crippen molar-refractivity contribution >= 4 is 23.9 Å². The van der Waals surface area contributed by atoms with Crippen molar-refractivity contribution in [1.82, 2.24) is 0 Å². The number of nitrogens with one attached hydrogen (secondary N) is 1. The predicted molar refractivity (Wildman–Crippen MR) is 74.3 cm³/mol. The Labute approximate surface area is 110 Å². The van der Waals surface area contributed by atoms with Gasteiger partial charge in [-0.15, -0.1) is 0 Å². The van der Waals surface area contributed by atoms with Crippen LogP contribution in [0, 0.1) is 0 Å². The molecular weight excluding hydrogens is 246 g/mol. The van der Waals surface area contributed by atoms with Crippen molar-refractivity contribution in [1.29, 1.82) is 0 Å². The summed E-state index contributed by atoms with van der Waals surface area (Å²) in [5.41, 5.74) is 1.66. The normalized spacial score (nSPS) is 9.83. The highest BCUT2D eigenvalue weighted by Gasteiger charge is 1.97. The molecule has 0 aromatic heterocycles. The van der Waals surface area contributed by atoms with Crippen molar-refractivity contribution < 1.29 is 9.53 Å². The number of carbonyl (C=O) groups is 1. The molecule has 0 atom stereocenters. The molecular formula is C14H13NO2S. The van der Waals surface area contributed by atoms with Gasteiger partial charge in [-0.3, -0.25) is 4.79 Å². The Morgan fingerprint density at radius 2 is 1.94 bits per heavy atom. The van der Waals surface area contributed by atoms with Crippen molar-refractivity contribution in [2.24, 2.45) is 0 Å². The number of rotatable bonds is 5. The highest BCUT2D eigenvalue weighted by Crippen LogP contribution is 2.23. The Bertz CT molecular complexity index is 526. The van der Waals surface area contributed by atoms with Gasteiger partial charge in [0.05, 0.1) is 7.11 Å². The fourth-order valence-corrected chi connectivity index (χ4v) is 2.14. The molecule has 0 aliphatic heterocycles. The second-order valence-corrected chi connectivity index (χ2v) is 4.50. The van der Waals surface area contributed by atoms with Gasteiger partial charge in [0, 0.05) is 16.1 Å². The van der Waals surface area contributed by atoms with Crippen LogP contribution in [0.1, 0.15) is 10.4 Å². The SMILES string of the molecule is COc1ccc(NSc2cccc(C=O)c2)cc1. The first-order chi connectivity index (χ1) is 8.81. The van der Waals surface area contributed by atoms with Gasteiger partial charge < -0.3 is 9.46 Å². The molecule has 18 heavy (non-hydrogen) atoms. The molecule has 2 aromatic carbocycles. The van der Waals surface area contributed by atoms with E-state index < -0.39 is 0 Å². The first-order valence-corrected chi connectivity index (χ1v) is 6.25. The minimum atomic E-state index is 0.677. The Balaban J connectivity index is 1.99. The summed E-state index contributed by atoms with van der Waals surface area (Å²) in [5, 5.41) is 0. The standard InChI is InChI=1S/C14H13NO2S/c1-17-13-7-5-12(6-8-13)15-18-14-4-2-3-11(9-14)10-16/h2-10,15H,1H3. The summed E-state index contributed by atoms with van der Waals surface area (Å²) in [5.74, 6) is 0.827. The first-order valence-electron chi connectivity index (χ1n) is 5.44. The van der Waals surface area contributed by atoms with E-state index in [4.69, 9.17) is 4.74 Å². The van der Waals surface area contributed by atoms with Crippen LogP contribution in [0.2, 0.25) is 0 Å². The average Bonchev–Trinajstić information content (AvgIpc) is 2.46. The summed E-state index contributed by atoms with van der Waals surface area (Å²) in [6.07, 6.45) is 0.845. The summed E-state index contributed by atoms with van der Waals surface area (Å²) in [7, 11) is 1.64. The lowest BCUT2D eigenvalue weighted by Gasteiger charge is -2.06. The highest BCUT2D eigenvalue weighted by atomic mass is 32.2. The monoisotopic (exact) mass is 259 g/mol. The number of benzene rings is 2. The van der Waals surface area contributed by atoms with Crippen LogP contribution < -0.4 is 9.46 Å². The van der Waals surface area contributed by atoms with E-state index in [1.807, 2.05) is 42.5 Å². The van der Waals surface area contributed by atoms with Crippen molar-refractivity contribution in [2.75, 3.05) is 11.8 Å². The van der Waals surface area contributed by atoms with Gasteiger partial charge in [0.15, 0.2) is 0 Å². The summed E-state index contributed by atoms with van der Waals surface area (Å²) < 4.78 is 8.30. The van der Waals surface area contributed by atoms with Crippen LogP contribution in [0.25, 0.3) is 0 Å². The van der Waals surface area contributed by atoms with Gasteiger partial charge in [0.2, 0.25) is 0 Å². The van der Waals surface area contributed by atoms with Crippen LogP contribution in [-0.2, 0) is 0 Å². The van der Waals surface area contributed by atoms with Crippen LogP contribution in [0.5, 0.6) is 5.75 Å². The van der Waals surface area contributed by atoms with Crippen molar-refractivity contribution in [3.05, 3.63) is 54.1 Å². The fourth-order valence-electron chi connectivity index (χ4n) is 1.43. The van der Waals surface area contributed by atoms with E-state index in [1.165, 1.54) is 11.9 Å². The lowest BCUT2D eigenvalue weighted by molar-refractivity contribution is 0.112. The molecule has 0 aliphatic carbocycles. The van der Waals surface area contributed by atoms with Crippen molar-refractivity contribution in [3.8, 4) is 5.75 Å². The van der Waals surface area contributed by atoms with Gasteiger partial charge in [0.25, 0.3) is 0 Å². The van der Waals surface area contributed by atoms with E-state index in [-0.39, 0.29) is 0 Å². The quantitative estimate of drug-likeness (QED) is 0.657. The zero-order valence-electron chi connectivity index (χ0n) is 9.92. The fraction of sp³-hybridized carbons (Fsp3) is 0.0714. The molecule has 2 aromatic rings. The minimum absolute atomic E-state index is 0.677. The second kappa shape index (κ2) is 6.12. The van der Waals surface area contributed by atoms with Gasteiger partial charge in [-0.05, 0) is 48.3 Å². The molecule has 3 nitrogen and oxygen atoms in total. The third-order valence-corrected chi connectivity index (χ3v) is 3.20. The summed E-state index contributed by atoms with van der Waals surface area (Å²) >= 11 is 1.47. The van der Waals surface area contributed by atoms with Gasteiger partial charge >= 0.3 is 0 Å². The zero-order valence-corrected chi connectivity index (χ0v) is 10.7. The maximum absolute atomic E-state index is 10.7. The molecule has 0 unspecified atom stereocenters. The second-order valence-electron chi connectivity index (χ2n) is 3.62. The first kappa shape index (κ1) is 12.5. The van der Waals surface area contributed by atoms with Crippen LogP contribution in [0.15, 0.2) is 53.4 Å². The molecule has 0 aliphatic rings. The van der Waals surface area contributed by atoms with Gasteiger partial charge in [0.1, 0.15) is 12.0 Å². The Hall–Kier alpha value is -1.94. The molecule has 0 saturated heterocycles. The molecule has 2 rings (SSSR count). The Morgan fingerprint density at radius 1 is 1.17 bits per heavy atom. The number of carbonyl (C=O) groups excluding carboxylic acids is 1. The maximum atomic E-state index is 10.7. The van der Waals surface area contributed by atoms with Crippen LogP contribution in [-0.4, -0.2) is 13.4 Å².